The van der Waals surface area contributed by atoms with E-state index in [0.29, 0.717) is 19.6 Å². The Bertz CT molecular complexity index is 533. The summed E-state index contributed by atoms with van der Waals surface area (Å²) in [4.78, 5) is 27.4. The Hall–Kier alpha value is -1.73. The number of hydrogen-bond donors (Lipinski definition) is 1. The zero-order valence-corrected chi connectivity index (χ0v) is 11.8. The Balaban J connectivity index is 1.98. The molecule has 1 unspecified atom stereocenters. The first kappa shape index (κ1) is 14.7. The highest BCUT2D eigenvalue weighted by molar-refractivity contribution is 5.92. The molecule has 2 heterocycles. The lowest BCUT2D eigenvalue weighted by molar-refractivity contribution is 0.0547. The average molecular weight is 280 g/mol. The largest absolute Gasteiger partial charge is 0.392 e. The molecular weight excluding hydrogens is 260 g/mol. The standard InChI is InChI=1S/C13H20N4O3/c1-10(18)9-16-5-7-17(8-6-16)13(20)11-3-4-12(19)15(2)14-11/h3-4,10,18H,5-9H2,1-2H3. The van der Waals surface area contributed by atoms with Gasteiger partial charge >= 0.3 is 0 Å². The van der Waals surface area contributed by atoms with Crippen LogP contribution in [0.4, 0.5) is 0 Å². The van der Waals surface area contributed by atoms with Crippen molar-refractivity contribution in [3.63, 3.8) is 0 Å². The summed E-state index contributed by atoms with van der Waals surface area (Å²) in [6, 6.07) is 2.82. The first-order chi connectivity index (χ1) is 9.47. The minimum Gasteiger partial charge on any atom is -0.392 e. The van der Waals surface area contributed by atoms with Crippen LogP contribution in [0.5, 0.6) is 0 Å². The Labute approximate surface area is 117 Å². The molecule has 1 aliphatic rings. The number of rotatable bonds is 3. The van der Waals surface area contributed by atoms with Crippen LogP contribution in [0.3, 0.4) is 0 Å². The van der Waals surface area contributed by atoms with Gasteiger partial charge in [-0.15, -0.1) is 0 Å². The summed E-state index contributed by atoms with van der Waals surface area (Å²) in [7, 11) is 1.53. The van der Waals surface area contributed by atoms with E-state index in [1.54, 1.807) is 11.8 Å². The highest BCUT2D eigenvalue weighted by atomic mass is 16.3. The van der Waals surface area contributed by atoms with Crippen molar-refractivity contribution in [2.75, 3.05) is 32.7 Å². The Morgan fingerprint density at radius 2 is 2.00 bits per heavy atom. The van der Waals surface area contributed by atoms with Crippen molar-refractivity contribution in [2.24, 2.45) is 7.05 Å². The van der Waals surface area contributed by atoms with E-state index in [0.717, 1.165) is 17.8 Å². The lowest BCUT2D eigenvalue weighted by atomic mass is 10.2. The van der Waals surface area contributed by atoms with Gasteiger partial charge in [-0.3, -0.25) is 14.5 Å². The van der Waals surface area contributed by atoms with Gasteiger partial charge in [-0.2, -0.15) is 5.10 Å². The maximum atomic E-state index is 12.3. The monoisotopic (exact) mass is 280 g/mol. The second-order valence-electron chi connectivity index (χ2n) is 5.12. The van der Waals surface area contributed by atoms with E-state index in [1.165, 1.54) is 19.2 Å². The third-order valence-corrected chi connectivity index (χ3v) is 3.36. The Kier molecular flexibility index (Phi) is 4.51. The molecule has 0 radical (unpaired) electrons. The van der Waals surface area contributed by atoms with E-state index >= 15 is 0 Å². The van der Waals surface area contributed by atoms with Gasteiger partial charge < -0.3 is 10.0 Å². The van der Waals surface area contributed by atoms with E-state index in [-0.39, 0.29) is 23.3 Å². The zero-order chi connectivity index (χ0) is 14.7. The fourth-order valence-electron chi connectivity index (χ4n) is 2.29. The number of amides is 1. The first-order valence-electron chi connectivity index (χ1n) is 6.71. The summed E-state index contributed by atoms with van der Waals surface area (Å²) in [6.45, 7) is 5.07. The lowest BCUT2D eigenvalue weighted by Gasteiger charge is -2.35. The molecular formula is C13H20N4O3. The van der Waals surface area contributed by atoms with Gasteiger partial charge in [0.1, 0.15) is 5.69 Å². The maximum Gasteiger partial charge on any atom is 0.274 e. The van der Waals surface area contributed by atoms with Crippen LogP contribution in [0.2, 0.25) is 0 Å². The minimum absolute atomic E-state index is 0.155. The van der Waals surface area contributed by atoms with Gasteiger partial charge in [-0.1, -0.05) is 0 Å². The number of piperazine rings is 1. The van der Waals surface area contributed by atoms with Crippen molar-refractivity contribution >= 4 is 5.91 Å². The molecule has 7 heteroatoms. The molecule has 0 aliphatic carbocycles. The van der Waals surface area contributed by atoms with Crippen LogP contribution in [0.1, 0.15) is 17.4 Å². The van der Waals surface area contributed by atoms with Crippen molar-refractivity contribution in [3.05, 3.63) is 28.2 Å². The smallest absolute Gasteiger partial charge is 0.274 e. The molecule has 7 nitrogen and oxygen atoms in total. The number of nitrogens with zero attached hydrogens (tertiary/aromatic N) is 4. The molecule has 1 atom stereocenters. The molecule has 1 aromatic rings. The van der Waals surface area contributed by atoms with E-state index in [9.17, 15) is 14.7 Å². The van der Waals surface area contributed by atoms with Crippen LogP contribution in [0.25, 0.3) is 0 Å². The van der Waals surface area contributed by atoms with E-state index in [1.807, 2.05) is 0 Å². The number of carbonyl (C=O) groups excluding carboxylic acids is 1. The summed E-state index contributed by atoms with van der Waals surface area (Å²) < 4.78 is 1.16. The van der Waals surface area contributed by atoms with Crippen molar-refractivity contribution in [1.82, 2.24) is 19.6 Å². The normalized spacial score (nSPS) is 18.1. The highest BCUT2D eigenvalue weighted by Gasteiger charge is 2.23. The average Bonchev–Trinajstić information content (AvgIpc) is 2.41. The predicted octanol–water partition coefficient (Wildman–Crippen LogP) is -1.08. The van der Waals surface area contributed by atoms with Crippen molar-refractivity contribution in [2.45, 2.75) is 13.0 Å². The van der Waals surface area contributed by atoms with Crippen molar-refractivity contribution < 1.29 is 9.90 Å². The summed E-state index contributed by atoms with van der Waals surface area (Å²) in [5, 5.41) is 13.3. The number of aryl methyl sites for hydroxylation is 1. The molecule has 110 valence electrons. The van der Waals surface area contributed by atoms with Crippen LogP contribution < -0.4 is 5.56 Å². The fourth-order valence-corrected chi connectivity index (χ4v) is 2.29. The molecule has 1 aliphatic heterocycles. The maximum absolute atomic E-state index is 12.3. The molecule has 20 heavy (non-hydrogen) atoms. The fraction of sp³-hybridized carbons (Fsp3) is 0.615. The topological polar surface area (TPSA) is 78.7 Å². The molecule has 1 amide bonds. The molecule has 1 aromatic heterocycles. The SMILES string of the molecule is CC(O)CN1CCN(C(=O)c2ccc(=O)n(C)n2)CC1. The highest BCUT2D eigenvalue weighted by Crippen LogP contribution is 2.06. The van der Waals surface area contributed by atoms with Gasteiger partial charge in [-0.05, 0) is 13.0 Å². The number of hydrogen-bond acceptors (Lipinski definition) is 5. The van der Waals surface area contributed by atoms with Gasteiger partial charge in [0.2, 0.25) is 0 Å². The molecule has 0 saturated carbocycles. The second-order valence-corrected chi connectivity index (χ2v) is 5.12. The molecule has 1 N–H and O–H groups in total. The third-order valence-electron chi connectivity index (χ3n) is 3.36. The summed E-state index contributed by atoms with van der Waals surface area (Å²) in [6.07, 6.45) is -0.359. The molecule has 0 bridgehead atoms. The van der Waals surface area contributed by atoms with E-state index in [4.69, 9.17) is 0 Å². The number of aromatic nitrogens is 2. The summed E-state index contributed by atoms with van der Waals surface area (Å²) >= 11 is 0. The number of aliphatic hydroxyl groups is 1. The number of aliphatic hydroxyl groups excluding tert-OH is 1. The first-order valence-corrected chi connectivity index (χ1v) is 6.71. The molecule has 1 fully saturated rings. The van der Waals surface area contributed by atoms with Crippen molar-refractivity contribution in [3.8, 4) is 0 Å². The van der Waals surface area contributed by atoms with Crippen LogP contribution in [-0.2, 0) is 7.05 Å². The lowest BCUT2D eigenvalue weighted by Crippen LogP contribution is -2.50. The van der Waals surface area contributed by atoms with Gasteiger partial charge in [0.15, 0.2) is 0 Å². The van der Waals surface area contributed by atoms with Gasteiger partial charge in [0.25, 0.3) is 11.5 Å². The van der Waals surface area contributed by atoms with E-state index < -0.39 is 0 Å². The molecule has 0 spiro atoms. The second kappa shape index (κ2) is 6.15. The summed E-state index contributed by atoms with van der Waals surface area (Å²) in [5.41, 5.74) is 0.0550. The minimum atomic E-state index is -0.359. The van der Waals surface area contributed by atoms with E-state index in [2.05, 4.69) is 10.00 Å². The Morgan fingerprint density at radius 1 is 1.35 bits per heavy atom. The predicted molar refractivity (Wildman–Crippen MR) is 73.5 cm³/mol. The zero-order valence-electron chi connectivity index (χ0n) is 11.8. The van der Waals surface area contributed by atoms with Crippen LogP contribution in [-0.4, -0.2) is 69.4 Å². The Morgan fingerprint density at radius 3 is 2.55 bits per heavy atom. The number of carbonyl (C=O) groups is 1. The van der Waals surface area contributed by atoms with Crippen LogP contribution >= 0.6 is 0 Å². The molecule has 0 aromatic carbocycles. The summed E-state index contributed by atoms with van der Waals surface area (Å²) in [5.74, 6) is -0.155. The quantitative estimate of drug-likeness (QED) is 0.762. The van der Waals surface area contributed by atoms with Crippen LogP contribution in [0.15, 0.2) is 16.9 Å². The molecule has 1 saturated heterocycles. The number of β-amino-alcohol motifs (C(OH)–C–C–N with tert-alkyl or cyclic N) is 1. The van der Waals surface area contributed by atoms with Gasteiger partial charge in [-0.25, -0.2) is 4.68 Å². The van der Waals surface area contributed by atoms with Gasteiger partial charge in [0, 0.05) is 45.8 Å². The van der Waals surface area contributed by atoms with Crippen molar-refractivity contribution in [1.29, 1.82) is 0 Å². The van der Waals surface area contributed by atoms with Gasteiger partial charge in [0.05, 0.1) is 6.10 Å². The van der Waals surface area contributed by atoms with Crippen LogP contribution in [0, 0.1) is 0 Å². The molecule has 2 rings (SSSR count). The third kappa shape index (κ3) is 3.43.